The van der Waals surface area contributed by atoms with Gasteiger partial charge in [-0.3, -0.25) is 4.90 Å². The number of thiocarbonyl (C=S) groups is 1. The largest absolute Gasteiger partial charge is 0.376 e. The lowest BCUT2D eigenvalue weighted by Gasteiger charge is -2.28. The summed E-state index contributed by atoms with van der Waals surface area (Å²) < 4.78 is 0. The molecule has 1 aromatic carbocycles. The average molecular weight is 249 g/mol. The number of nitrogens with zero attached hydrogens (tertiary/aromatic N) is 1. The number of nitrogens with two attached hydrogens (primary N) is 1. The predicted molar refractivity (Wildman–Crippen MR) is 74.8 cm³/mol. The van der Waals surface area contributed by atoms with Gasteiger partial charge in [-0.25, -0.2) is 0 Å². The fourth-order valence-electron chi connectivity index (χ4n) is 2.26. The zero-order valence-corrected chi connectivity index (χ0v) is 10.8. The molecule has 0 saturated heterocycles. The minimum absolute atomic E-state index is 0.397. The topological polar surface area (TPSA) is 41.3 Å². The fourth-order valence-corrected chi connectivity index (χ4v) is 2.36. The van der Waals surface area contributed by atoms with E-state index >= 15 is 0 Å². The molecule has 4 heteroatoms. The van der Waals surface area contributed by atoms with E-state index in [4.69, 9.17) is 18.0 Å². The van der Waals surface area contributed by atoms with Gasteiger partial charge in [-0.05, 0) is 36.2 Å². The van der Waals surface area contributed by atoms with Crippen LogP contribution in [0.2, 0.25) is 0 Å². The maximum Gasteiger partial charge on any atom is 0.163 e. The van der Waals surface area contributed by atoms with Gasteiger partial charge in [-0.2, -0.15) is 0 Å². The SMILES string of the molecule is NC(=S)NCCCN1CCc2ccccc2C1. The van der Waals surface area contributed by atoms with Crippen molar-refractivity contribution >= 4 is 17.3 Å². The second-order valence-electron chi connectivity index (χ2n) is 4.44. The van der Waals surface area contributed by atoms with Crippen molar-refractivity contribution in [1.82, 2.24) is 10.2 Å². The first kappa shape index (κ1) is 12.3. The lowest BCUT2D eigenvalue weighted by Crippen LogP contribution is -2.35. The van der Waals surface area contributed by atoms with Crippen LogP contribution in [0, 0.1) is 0 Å². The summed E-state index contributed by atoms with van der Waals surface area (Å²) in [7, 11) is 0. The first-order valence-electron chi connectivity index (χ1n) is 6.08. The molecule has 0 amide bonds. The molecule has 0 saturated carbocycles. The predicted octanol–water partition coefficient (Wildman–Crippen LogP) is 1.27. The third kappa shape index (κ3) is 3.68. The van der Waals surface area contributed by atoms with Gasteiger partial charge >= 0.3 is 0 Å². The van der Waals surface area contributed by atoms with Crippen LogP contribution in [0.1, 0.15) is 17.5 Å². The van der Waals surface area contributed by atoms with E-state index in [1.54, 1.807) is 0 Å². The molecule has 2 rings (SSSR count). The Balaban J connectivity index is 1.76. The normalized spacial score (nSPS) is 15.3. The molecule has 0 bridgehead atoms. The number of benzene rings is 1. The highest BCUT2D eigenvalue weighted by atomic mass is 32.1. The number of nitrogens with one attached hydrogen (secondary N) is 1. The smallest absolute Gasteiger partial charge is 0.163 e. The number of hydrogen-bond acceptors (Lipinski definition) is 2. The van der Waals surface area contributed by atoms with E-state index in [1.165, 1.54) is 17.5 Å². The molecule has 0 radical (unpaired) electrons. The van der Waals surface area contributed by atoms with Crippen molar-refractivity contribution < 1.29 is 0 Å². The van der Waals surface area contributed by atoms with E-state index < -0.39 is 0 Å². The first-order valence-corrected chi connectivity index (χ1v) is 6.49. The van der Waals surface area contributed by atoms with Gasteiger partial charge in [0.25, 0.3) is 0 Å². The van der Waals surface area contributed by atoms with Crippen LogP contribution in [0.3, 0.4) is 0 Å². The lowest BCUT2D eigenvalue weighted by molar-refractivity contribution is 0.251. The fraction of sp³-hybridized carbons (Fsp3) is 0.462. The number of rotatable bonds is 4. The van der Waals surface area contributed by atoms with Crippen molar-refractivity contribution in [1.29, 1.82) is 0 Å². The van der Waals surface area contributed by atoms with Crippen LogP contribution < -0.4 is 11.1 Å². The molecule has 0 spiro atoms. The summed E-state index contributed by atoms with van der Waals surface area (Å²) in [5, 5.41) is 3.38. The first-order chi connectivity index (χ1) is 8.25. The molecule has 3 N–H and O–H groups in total. The molecule has 3 nitrogen and oxygen atoms in total. The summed E-state index contributed by atoms with van der Waals surface area (Å²) in [4.78, 5) is 2.49. The molecule has 0 aliphatic carbocycles. The lowest BCUT2D eigenvalue weighted by atomic mass is 10.00. The Kier molecular flexibility index (Phi) is 4.34. The van der Waals surface area contributed by atoms with E-state index in [0.29, 0.717) is 5.11 Å². The molecule has 1 aliphatic rings. The molecule has 17 heavy (non-hydrogen) atoms. The minimum Gasteiger partial charge on any atom is -0.376 e. The zero-order chi connectivity index (χ0) is 12.1. The quantitative estimate of drug-likeness (QED) is 0.623. The Morgan fingerprint density at radius 1 is 1.35 bits per heavy atom. The summed E-state index contributed by atoms with van der Waals surface area (Å²) >= 11 is 4.77. The van der Waals surface area contributed by atoms with E-state index in [2.05, 4.69) is 34.5 Å². The van der Waals surface area contributed by atoms with Crippen LogP contribution in [0.4, 0.5) is 0 Å². The molecule has 1 heterocycles. The molecular formula is C13H19N3S. The van der Waals surface area contributed by atoms with E-state index in [1.807, 2.05) is 0 Å². The Hall–Kier alpha value is -1.13. The molecule has 0 atom stereocenters. The molecule has 0 aromatic heterocycles. The van der Waals surface area contributed by atoms with Crippen LogP contribution in [0.15, 0.2) is 24.3 Å². The van der Waals surface area contributed by atoms with Crippen LogP contribution >= 0.6 is 12.2 Å². The van der Waals surface area contributed by atoms with Crippen LogP contribution in [-0.2, 0) is 13.0 Å². The van der Waals surface area contributed by atoms with E-state index in [-0.39, 0.29) is 0 Å². The molecule has 92 valence electrons. The molecule has 1 aliphatic heterocycles. The Labute approximate surface area is 108 Å². The summed E-state index contributed by atoms with van der Waals surface area (Å²) in [5.41, 5.74) is 8.36. The summed E-state index contributed by atoms with van der Waals surface area (Å²) in [6.07, 6.45) is 2.25. The monoisotopic (exact) mass is 249 g/mol. The van der Waals surface area contributed by atoms with Gasteiger partial charge in [0.15, 0.2) is 5.11 Å². The van der Waals surface area contributed by atoms with Gasteiger partial charge in [0.1, 0.15) is 0 Å². The molecule has 0 unspecified atom stereocenters. The Morgan fingerprint density at radius 2 is 2.12 bits per heavy atom. The average Bonchev–Trinajstić information content (AvgIpc) is 2.34. The van der Waals surface area contributed by atoms with Crippen molar-refractivity contribution in [3.05, 3.63) is 35.4 Å². The number of fused-ring (bicyclic) bond motifs is 1. The summed E-state index contributed by atoms with van der Waals surface area (Å²) in [6.45, 7) is 4.20. The molecule has 0 fully saturated rings. The zero-order valence-electron chi connectivity index (χ0n) is 9.98. The second-order valence-corrected chi connectivity index (χ2v) is 4.88. The van der Waals surface area contributed by atoms with Gasteiger partial charge in [-0.1, -0.05) is 24.3 Å². The summed E-state index contributed by atoms with van der Waals surface area (Å²) in [5.74, 6) is 0. The maximum absolute atomic E-state index is 5.38. The van der Waals surface area contributed by atoms with Crippen LogP contribution in [-0.4, -0.2) is 29.6 Å². The Bertz CT molecular complexity index is 392. The van der Waals surface area contributed by atoms with E-state index in [0.717, 1.165) is 32.6 Å². The van der Waals surface area contributed by atoms with Crippen molar-refractivity contribution in [3.8, 4) is 0 Å². The van der Waals surface area contributed by atoms with Gasteiger partial charge < -0.3 is 11.1 Å². The van der Waals surface area contributed by atoms with Crippen LogP contribution in [0.25, 0.3) is 0 Å². The third-order valence-corrected chi connectivity index (χ3v) is 3.30. The van der Waals surface area contributed by atoms with Crippen molar-refractivity contribution in [3.63, 3.8) is 0 Å². The Morgan fingerprint density at radius 3 is 2.88 bits per heavy atom. The van der Waals surface area contributed by atoms with Crippen molar-refractivity contribution in [2.45, 2.75) is 19.4 Å². The highest BCUT2D eigenvalue weighted by Crippen LogP contribution is 2.18. The maximum atomic E-state index is 5.38. The number of hydrogen-bond donors (Lipinski definition) is 2. The van der Waals surface area contributed by atoms with Gasteiger partial charge in [0, 0.05) is 26.2 Å². The highest BCUT2D eigenvalue weighted by molar-refractivity contribution is 7.80. The minimum atomic E-state index is 0.397. The molecular weight excluding hydrogens is 230 g/mol. The van der Waals surface area contributed by atoms with Gasteiger partial charge in [-0.15, -0.1) is 0 Å². The van der Waals surface area contributed by atoms with Crippen LogP contribution in [0.5, 0.6) is 0 Å². The standard InChI is InChI=1S/C13H19N3S/c14-13(17)15-7-3-8-16-9-6-11-4-1-2-5-12(11)10-16/h1-2,4-5H,3,6-10H2,(H3,14,15,17). The molecule has 1 aromatic rings. The third-order valence-electron chi connectivity index (χ3n) is 3.16. The van der Waals surface area contributed by atoms with Gasteiger partial charge in [0.2, 0.25) is 0 Å². The van der Waals surface area contributed by atoms with E-state index in [9.17, 15) is 0 Å². The van der Waals surface area contributed by atoms with Gasteiger partial charge in [0.05, 0.1) is 0 Å². The highest BCUT2D eigenvalue weighted by Gasteiger charge is 2.14. The second kappa shape index (κ2) is 5.98. The van der Waals surface area contributed by atoms with Crippen molar-refractivity contribution in [2.24, 2.45) is 5.73 Å². The summed E-state index contributed by atoms with van der Waals surface area (Å²) in [6, 6.07) is 8.72. The van der Waals surface area contributed by atoms with Crippen molar-refractivity contribution in [2.75, 3.05) is 19.6 Å².